The number of carboxylic acids is 1. The molecule has 0 aliphatic rings. The predicted octanol–water partition coefficient (Wildman–Crippen LogP) is 14.9. The molecule has 0 rings (SSSR count). The fourth-order valence-corrected chi connectivity index (χ4v) is 7.45. The van der Waals surface area contributed by atoms with Crippen molar-refractivity contribution in [3.8, 4) is 0 Å². The molecule has 0 aliphatic heterocycles. The van der Waals surface area contributed by atoms with Crippen LogP contribution in [0.5, 0.6) is 0 Å². The average Bonchev–Trinajstić information content (AvgIpc) is 3.24. The van der Waals surface area contributed by atoms with Gasteiger partial charge in [-0.25, -0.2) is 4.79 Å². The highest BCUT2D eigenvalue weighted by atomic mass is 16.6. The third-order valence-electron chi connectivity index (χ3n) is 11.4. The molecule has 8 nitrogen and oxygen atoms in total. The van der Waals surface area contributed by atoms with Crippen LogP contribution in [-0.2, 0) is 28.6 Å². The van der Waals surface area contributed by atoms with Crippen molar-refractivity contribution < 1.29 is 38.2 Å². The van der Waals surface area contributed by atoms with E-state index in [-0.39, 0.29) is 36.2 Å². The van der Waals surface area contributed by atoms with Crippen molar-refractivity contribution >= 4 is 17.9 Å². The van der Waals surface area contributed by atoms with Gasteiger partial charge in [-0.1, -0.05) is 190 Å². The van der Waals surface area contributed by atoms with Crippen molar-refractivity contribution in [2.75, 3.05) is 41.0 Å². The molecule has 0 spiro atoms. The molecule has 0 saturated heterocycles. The molecule has 0 saturated carbocycles. The molecular formula is C55H98NO7+. The number of rotatable bonds is 46. The zero-order chi connectivity index (χ0) is 46.3. The first-order valence-electron chi connectivity index (χ1n) is 25.8. The average molecular weight is 885 g/mol. The molecule has 2 unspecified atom stereocenters. The standard InChI is InChI=1S/C55H97NO7/c1-6-8-10-12-14-16-18-20-22-24-26-28-29-31-33-35-37-39-41-43-45-53(57)62-50-51(49-61-48-47-52(55(59)60)56(3,4)5)63-54(58)46-44-42-40-38-36-34-32-30-27-25-23-21-19-17-15-13-11-9-7-2/h9,11,15-18,20-23,51-52H,6-8,10,12-14,19,24-50H2,1-5H3/p+1/b11-9+,17-15+,18-16+,22-20+,23-21+. The number of carboxylic acid groups (broad SMARTS) is 1. The minimum Gasteiger partial charge on any atom is -0.477 e. The van der Waals surface area contributed by atoms with Crippen LogP contribution in [0.4, 0.5) is 0 Å². The first-order chi connectivity index (χ1) is 30.6. The predicted molar refractivity (Wildman–Crippen MR) is 266 cm³/mol. The summed E-state index contributed by atoms with van der Waals surface area (Å²) in [7, 11) is 5.53. The number of hydrogen-bond acceptors (Lipinski definition) is 6. The number of nitrogens with zero attached hydrogens (tertiary/aromatic N) is 1. The number of quaternary nitrogens is 1. The van der Waals surface area contributed by atoms with Gasteiger partial charge in [0.05, 0.1) is 34.4 Å². The van der Waals surface area contributed by atoms with E-state index in [4.69, 9.17) is 14.2 Å². The number of aliphatic carboxylic acids is 1. The highest BCUT2D eigenvalue weighted by molar-refractivity contribution is 5.72. The number of likely N-dealkylation sites (N-methyl/N-ethyl adjacent to an activating group) is 1. The highest BCUT2D eigenvalue weighted by Gasteiger charge is 2.31. The number of unbranched alkanes of at least 4 members (excludes halogenated alkanes) is 23. The summed E-state index contributed by atoms with van der Waals surface area (Å²) in [6.07, 6.45) is 56.9. The molecule has 0 aromatic heterocycles. The smallest absolute Gasteiger partial charge is 0.362 e. The molecule has 364 valence electrons. The second kappa shape index (κ2) is 45.6. The summed E-state index contributed by atoms with van der Waals surface area (Å²) in [6.45, 7) is 4.62. The Morgan fingerprint density at radius 1 is 0.508 bits per heavy atom. The molecule has 0 aromatic carbocycles. The van der Waals surface area contributed by atoms with Gasteiger partial charge in [-0.05, 0) is 70.6 Å². The molecule has 2 atom stereocenters. The van der Waals surface area contributed by atoms with E-state index in [0.717, 1.165) is 64.2 Å². The largest absolute Gasteiger partial charge is 0.477 e. The van der Waals surface area contributed by atoms with Gasteiger partial charge >= 0.3 is 17.9 Å². The Labute approximate surface area is 388 Å². The zero-order valence-corrected chi connectivity index (χ0v) is 41.5. The molecule has 0 radical (unpaired) electrons. The van der Waals surface area contributed by atoms with Crippen LogP contribution < -0.4 is 0 Å². The molecule has 0 heterocycles. The van der Waals surface area contributed by atoms with Gasteiger partial charge in [-0.15, -0.1) is 0 Å². The topological polar surface area (TPSA) is 99.1 Å². The minimum atomic E-state index is -0.876. The lowest BCUT2D eigenvalue weighted by molar-refractivity contribution is -0.887. The Morgan fingerprint density at radius 2 is 0.937 bits per heavy atom. The molecule has 0 amide bonds. The minimum absolute atomic E-state index is 0.0559. The third kappa shape index (κ3) is 44.0. The van der Waals surface area contributed by atoms with E-state index in [0.29, 0.717) is 19.3 Å². The molecule has 1 N–H and O–H groups in total. The van der Waals surface area contributed by atoms with E-state index in [1.165, 1.54) is 122 Å². The van der Waals surface area contributed by atoms with Crippen LogP contribution in [0.2, 0.25) is 0 Å². The van der Waals surface area contributed by atoms with Gasteiger partial charge < -0.3 is 23.8 Å². The SMILES string of the molecule is CC/C=C/C/C=C/C/C=C/CCCCCCCCCCCC(=O)OC(COCCC(C(=O)O)[N+](C)(C)C)COC(=O)CCCCCCCCCCCC/C=C/C=C/CCCCCC. The van der Waals surface area contributed by atoms with Crippen LogP contribution >= 0.6 is 0 Å². The molecule has 0 aromatic rings. The highest BCUT2D eigenvalue weighted by Crippen LogP contribution is 2.15. The number of carbonyl (C=O) groups is 3. The molecule has 8 heteroatoms. The number of allylic oxidation sites excluding steroid dienone is 10. The van der Waals surface area contributed by atoms with Crippen LogP contribution in [0, 0.1) is 0 Å². The number of ether oxygens (including phenoxy) is 3. The summed E-state index contributed by atoms with van der Waals surface area (Å²) in [4.78, 5) is 37.2. The van der Waals surface area contributed by atoms with E-state index in [9.17, 15) is 19.5 Å². The summed E-state index contributed by atoms with van der Waals surface area (Å²) in [5.41, 5.74) is 0. The van der Waals surface area contributed by atoms with Gasteiger partial charge in [-0.2, -0.15) is 0 Å². The first kappa shape index (κ1) is 60.0. The van der Waals surface area contributed by atoms with Gasteiger partial charge in [-0.3, -0.25) is 9.59 Å². The van der Waals surface area contributed by atoms with Crippen LogP contribution in [-0.4, -0.2) is 80.6 Å². The Balaban J connectivity index is 4.25. The number of carbonyl (C=O) groups excluding carboxylic acids is 2. The second-order valence-electron chi connectivity index (χ2n) is 18.4. The lowest BCUT2D eigenvalue weighted by atomic mass is 10.1. The van der Waals surface area contributed by atoms with Crippen LogP contribution in [0.15, 0.2) is 60.8 Å². The van der Waals surface area contributed by atoms with Gasteiger partial charge in [0.2, 0.25) is 0 Å². The molecular weight excluding hydrogens is 787 g/mol. The lowest BCUT2D eigenvalue weighted by Crippen LogP contribution is -2.50. The molecule has 0 aliphatic carbocycles. The third-order valence-corrected chi connectivity index (χ3v) is 11.4. The maximum absolute atomic E-state index is 12.8. The van der Waals surface area contributed by atoms with Crippen LogP contribution in [0.3, 0.4) is 0 Å². The van der Waals surface area contributed by atoms with Crippen molar-refractivity contribution in [3.05, 3.63) is 60.8 Å². The van der Waals surface area contributed by atoms with E-state index in [2.05, 4.69) is 74.6 Å². The summed E-state index contributed by atoms with van der Waals surface area (Å²) in [5.74, 6) is -1.47. The van der Waals surface area contributed by atoms with E-state index in [1.54, 1.807) is 0 Å². The zero-order valence-electron chi connectivity index (χ0n) is 41.5. The monoisotopic (exact) mass is 885 g/mol. The molecule has 0 bridgehead atoms. The summed E-state index contributed by atoms with van der Waals surface area (Å²) in [5, 5.41) is 9.66. The Morgan fingerprint density at radius 3 is 1.41 bits per heavy atom. The second-order valence-corrected chi connectivity index (χ2v) is 18.4. The summed E-state index contributed by atoms with van der Waals surface area (Å²) < 4.78 is 17.4. The Hall–Kier alpha value is -2.97. The van der Waals surface area contributed by atoms with Gasteiger partial charge in [0.15, 0.2) is 12.1 Å². The maximum Gasteiger partial charge on any atom is 0.362 e. The van der Waals surface area contributed by atoms with Crippen molar-refractivity contribution in [1.82, 2.24) is 0 Å². The lowest BCUT2D eigenvalue weighted by Gasteiger charge is -2.31. The van der Waals surface area contributed by atoms with Crippen LogP contribution in [0.1, 0.15) is 219 Å². The fourth-order valence-electron chi connectivity index (χ4n) is 7.45. The van der Waals surface area contributed by atoms with E-state index in [1.807, 2.05) is 21.1 Å². The molecule has 0 fully saturated rings. The number of hydrogen-bond donors (Lipinski definition) is 1. The Bertz CT molecular complexity index is 1210. The van der Waals surface area contributed by atoms with Crippen molar-refractivity contribution in [2.45, 2.75) is 231 Å². The summed E-state index contributed by atoms with van der Waals surface area (Å²) in [6, 6.07) is -0.618. The van der Waals surface area contributed by atoms with Gasteiger partial charge in [0.1, 0.15) is 6.61 Å². The normalized spacial score (nSPS) is 13.3. The van der Waals surface area contributed by atoms with Gasteiger partial charge in [0.25, 0.3) is 0 Å². The summed E-state index contributed by atoms with van der Waals surface area (Å²) >= 11 is 0. The van der Waals surface area contributed by atoms with Crippen LogP contribution in [0.25, 0.3) is 0 Å². The van der Waals surface area contributed by atoms with Crippen molar-refractivity contribution in [3.63, 3.8) is 0 Å². The Kier molecular flexibility index (Phi) is 43.4. The first-order valence-corrected chi connectivity index (χ1v) is 25.8. The molecule has 63 heavy (non-hydrogen) atoms. The van der Waals surface area contributed by atoms with Crippen molar-refractivity contribution in [2.24, 2.45) is 0 Å². The quantitative estimate of drug-likeness (QED) is 0.0214. The van der Waals surface area contributed by atoms with E-state index < -0.39 is 18.1 Å². The van der Waals surface area contributed by atoms with Gasteiger partial charge in [0, 0.05) is 19.3 Å². The fraction of sp³-hybridized carbons (Fsp3) is 0.764. The number of esters is 2. The maximum atomic E-state index is 12.8. The van der Waals surface area contributed by atoms with E-state index >= 15 is 0 Å². The van der Waals surface area contributed by atoms with Crippen molar-refractivity contribution in [1.29, 1.82) is 0 Å².